The van der Waals surface area contributed by atoms with Gasteiger partial charge in [-0.2, -0.15) is 13.2 Å². The van der Waals surface area contributed by atoms with Crippen LogP contribution >= 0.6 is 11.6 Å². The molecule has 2 aromatic carbocycles. The van der Waals surface area contributed by atoms with Crippen LogP contribution in [0.2, 0.25) is 5.02 Å². The molecule has 0 radical (unpaired) electrons. The minimum Gasteiger partial charge on any atom is -0.478 e. The number of hydrogen-bond acceptors (Lipinski definition) is 3. The molecule has 8 heteroatoms. The molecule has 1 aliphatic heterocycles. The van der Waals surface area contributed by atoms with Gasteiger partial charge >= 0.3 is 12.1 Å². The van der Waals surface area contributed by atoms with Crippen molar-refractivity contribution in [3.63, 3.8) is 0 Å². The molecule has 142 valence electrons. The molecule has 0 saturated carbocycles. The van der Waals surface area contributed by atoms with Crippen LogP contribution in [0.5, 0.6) is 17.2 Å². The van der Waals surface area contributed by atoms with Gasteiger partial charge in [0.15, 0.2) is 0 Å². The number of ether oxygens (including phenoxy) is 2. The maximum atomic E-state index is 13.2. The van der Waals surface area contributed by atoms with E-state index in [1.54, 1.807) is 6.07 Å². The lowest BCUT2D eigenvalue weighted by atomic mass is 10.0. The van der Waals surface area contributed by atoms with Crippen molar-refractivity contribution >= 4 is 23.6 Å². The van der Waals surface area contributed by atoms with E-state index >= 15 is 0 Å². The fourth-order valence-electron chi connectivity index (χ4n) is 2.73. The predicted octanol–water partition coefficient (Wildman–Crippen LogP) is 5.54. The van der Waals surface area contributed by atoms with Gasteiger partial charge in [0.05, 0.1) is 10.6 Å². The zero-order chi connectivity index (χ0) is 19.9. The maximum Gasteiger partial charge on any atom is 0.430 e. The lowest BCUT2D eigenvalue weighted by molar-refractivity contribution is -0.187. The van der Waals surface area contributed by atoms with Crippen LogP contribution in [0.4, 0.5) is 13.2 Å². The average Bonchev–Trinajstić information content (AvgIpc) is 2.55. The molecule has 1 atom stereocenters. The summed E-state index contributed by atoms with van der Waals surface area (Å²) in [6.07, 6.45) is -6.54. The molecule has 1 heterocycles. The van der Waals surface area contributed by atoms with Crippen molar-refractivity contribution in [3.8, 4) is 17.2 Å². The van der Waals surface area contributed by atoms with E-state index < -0.39 is 23.8 Å². The van der Waals surface area contributed by atoms with Gasteiger partial charge in [0.25, 0.3) is 0 Å². The van der Waals surface area contributed by atoms with Gasteiger partial charge in [0.2, 0.25) is 6.10 Å². The highest BCUT2D eigenvalue weighted by Gasteiger charge is 2.48. The van der Waals surface area contributed by atoms with Crippen LogP contribution in [0.15, 0.2) is 35.9 Å². The van der Waals surface area contributed by atoms with Crippen LogP contribution in [0.1, 0.15) is 16.7 Å². The first kappa shape index (κ1) is 19.1. The zero-order valence-corrected chi connectivity index (χ0v) is 15.0. The maximum absolute atomic E-state index is 13.2. The quantitative estimate of drug-likeness (QED) is 0.737. The first-order valence-electron chi connectivity index (χ1n) is 7.83. The number of halogens is 4. The molecule has 27 heavy (non-hydrogen) atoms. The fourth-order valence-corrected chi connectivity index (χ4v) is 2.94. The van der Waals surface area contributed by atoms with E-state index in [1.807, 2.05) is 26.0 Å². The molecule has 0 fully saturated rings. The number of hydrogen-bond donors (Lipinski definition) is 1. The molecular weight excluding hydrogens is 385 g/mol. The lowest BCUT2D eigenvalue weighted by Gasteiger charge is -2.27. The highest BCUT2D eigenvalue weighted by Crippen LogP contribution is 2.42. The van der Waals surface area contributed by atoms with Gasteiger partial charge in [0.1, 0.15) is 17.2 Å². The molecule has 0 amide bonds. The largest absolute Gasteiger partial charge is 0.478 e. The highest BCUT2D eigenvalue weighted by atomic mass is 35.5. The lowest BCUT2D eigenvalue weighted by Crippen LogP contribution is -2.40. The first-order chi connectivity index (χ1) is 12.6. The van der Waals surface area contributed by atoms with Gasteiger partial charge in [-0.1, -0.05) is 29.3 Å². The smallest absolute Gasteiger partial charge is 0.430 e. The summed E-state index contributed by atoms with van der Waals surface area (Å²) in [4.78, 5) is 11.2. The van der Waals surface area contributed by atoms with E-state index in [9.17, 15) is 18.0 Å². The zero-order valence-electron chi connectivity index (χ0n) is 14.2. The van der Waals surface area contributed by atoms with E-state index in [-0.39, 0.29) is 22.1 Å². The van der Waals surface area contributed by atoms with Gasteiger partial charge in [-0.3, -0.25) is 0 Å². The van der Waals surface area contributed by atoms with E-state index in [2.05, 4.69) is 0 Å². The predicted molar refractivity (Wildman–Crippen MR) is 93.5 cm³/mol. The molecule has 4 nitrogen and oxygen atoms in total. The van der Waals surface area contributed by atoms with Gasteiger partial charge in [0, 0.05) is 11.6 Å². The van der Waals surface area contributed by atoms with Crippen molar-refractivity contribution in [1.82, 2.24) is 0 Å². The normalized spacial score (nSPS) is 16.2. The number of aliphatic carboxylic acids is 1. The van der Waals surface area contributed by atoms with E-state index in [4.69, 9.17) is 26.2 Å². The Labute approximate surface area is 157 Å². The van der Waals surface area contributed by atoms with Gasteiger partial charge < -0.3 is 14.6 Å². The van der Waals surface area contributed by atoms with Crippen LogP contribution in [0.3, 0.4) is 0 Å². The summed E-state index contributed by atoms with van der Waals surface area (Å²) in [6.45, 7) is 3.74. The minimum atomic E-state index is -4.88. The van der Waals surface area contributed by atoms with E-state index in [0.29, 0.717) is 5.75 Å². The number of carboxylic acids is 1. The Kier molecular flexibility index (Phi) is 4.82. The average molecular weight is 399 g/mol. The SMILES string of the molecule is Cc1ccc(Oc2cc3c(cc2Cl)C=C(C(=O)O)[C@H](C(F)(F)F)O3)c(C)c1. The number of rotatable bonds is 3. The third-order valence-electron chi connectivity index (χ3n) is 4.00. The molecule has 1 N–H and O–H groups in total. The molecule has 0 bridgehead atoms. The summed E-state index contributed by atoms with van der Waals surface area (Å²) in [5.74, 6) is -1.27. The third-order valence-corrected chi connectivity index (χ3v) is 4.29. The minimum absolute atomic E-state index is 0.107. The van der Waals surface area contributed by atoms with Crippen LogP contribution in [-0.2, 0) is 4.79 Å². The molecular formula is C19H14ClF3O4. The summed E-state index contributed by atoms with van der Waals surface area (Å²) in [5, 5.41) is 9.18. The van der Waals surface area contributed by atoms with Crippen molar-refractivity contribution in [3.05, 3.63) is 57.6 Å². The van der Waals surface area contributed by atoms with Crippen LogP contribution < -0.4 is 9.47 Å². The van der Waals surface area contributed by atoms with Gasteiger partial charge in [-0.25, -0.2) is 4.79 Å². The number of aryl methyl sites for hydroxylation is 2. The standard InChI is InChI=1S/C19H14ClF3O4/c1-9-3-4-14(10(2)5-9)26-16-8-15-11(7-13(16)20)6-12(18(24)25)17(27-15)19(21,22)23/h3-8,17H,1-2H3,(H,24,25)/t17-/m1/s1. The Morgan fingerprint density at radius 2 is 1.89 bits per heavy atom. The molecule has 0 aromatic heterocycles. The Morgan fingerprint density at radius 1 is 1.19 bits per heavy atom. The van der Waals surface area contributed by atoms with Crippen molar-refractivity contribution in [2.45, 2.75) is 26.1 Å². The van der Waals surface area contributed by atoms with Gasteiger partial charge in [-0.05, 0) is 37.6 Å². The second-order valence-electron chi connectivity index (χ2n) is 6.14. The van der Waals surface area contributed by atoms with Crippen molar-refractivity contribution < 1.29 is 32.5 Å². The van der Waals surface area contributed by atoms with Crippen LogP contribution in [0, 0.1) is 13.8 Å². The molecule has 2 aromatic rings. The molecule has 3 rings (SSSR count). The van der Waals surface area contributed by atoms with E-state index in [1.165, 1.54) is 12.1 Å². The summed E-state index contributed by atoms with van der Waals surface area (Å²) in [5.41, 5.74) is 1.07. The summed E-state index contributed by atoms with van der Waals surface area (Å²) < 4.78 is 50.2. The molecule has 0 saturated heterocycles. The fraction of sp³-hybridized carbons (Fsp3) is 0.211. The number of alkyl halides is 3. The molecule has 0 unspecified atom stereocenters. The number of carbonyl (C=O) groups is 1. The third kappa shape index (κ3) is 3.88. The molecule has 0 aliphatic carbocycles. The van der Waals surface area contributed by atoms with Crippen molar-refractivity contribution in [1.29, 1.82) is 0 Å². The number of benzene rings is 2. The Hall–Kier alpha value is -2.67. The summed E-state index contributed by atoms with van der Waals surface area (Å²) in [6, 6.07) is 7.98. The van der Waals surface area contributed by atoms with Crippen LogP contribution in [-0.4, -0.2) is 23.4 Å². The highest BCUT2D eigenvalue weighted by molar-refractivity contribution is 6.32. The van der Waals surface area contributed by atoms with Crippen LogP contribution in [0.25, 0.3) is 6.08 Å². The second kappa shape index (κ2) is 6.81. The summed E-state index contributed by atoms with van der Waals surface area (Å²) >= 11 is 6.17. The van der Waals surface area contributed by atoms with Crippen molar-refractivity contribution in [2.75, 3.05) is 0 Å². The Morgan fingerprint density at radius 3 is 2.48 bits per heavy atom. The van der Waals surface area contributed by atoms with Crippen molar-refractivity contribution in [2.24, 2.45) is 0 Å². The monoisotopic (exact) mass is 398 g/mol. The first-order valence-corrected chi connectivity index (χ1v) is 8.21. The van der Waals surface area contributed by atoms with Gasteiger partial charge in [-0.15, -0.1) is 0 Å². The molecule has 0 spiro atoms. The topological polar surface area (TPSA) is 55.8 Å². The number of fused-ring (bicyclic) bond motifs is 1. The number of carboxylic acid groups (broad SMARTS) is 1. The summed E-state index contributed by atoms with van der Waals surface area (Å²) in [7, 11) is 0. The second-order valence-corrected chi connectivity index (χ2v) is 6.54. The Balaban J connectivity index is 2.02. The Bertz CT molecular complexity index is 951. The molecule has 1 aliphatic rings. The van der Waals surface area contributed by atoms with E-state index in [0.717, 1.165) is 17.2 Å².